The number of benzene rings is 2. The summed E-state index contributed by atoms with van der Waals surface area (Å²) in [5, 5.41) is 22.7. The summed E-state index contributed by atoms with van der Waals surface area (Å²) in [5.74, 6) is 1.33. The van der Waals surface area contributed by atoms with Gasteiger partial charge in [-0.3, -0.25) is 0 Å². The molecule has 1 saturated carbocycles. The molecule has 1 fully saturated rings. The Morgan fingerprint density at radius 2 is 0.897 bits per heavy atom. The van der Waals surface area contributed by atoms with Crippen LogP contribution >= 0.6 is 0 Å². The monoisotopic (exact) mass is 534 g/mol. The van der Waals surface area contributed by atoms with Crippen LogP contribution in [0, 0.1) is 11.3 Å². The van der Waals surface area contributed by atoms with Crippen LogP contribution in [0.2, 0.25) is 0 Å². The van der Waals surface area contributed by atoms with Gasteiger partial charge in [0.2, 0.25) is 0 Å². The van der Waals surface area contributed by atoms with E-state index in [9.17, 15) is 10.2 Å². The lowest BCUT2D eigenvalue weighted by atomic mass is 9.51. The second-order valence-electron chi connectivity index (χ2n) is 17.7. The summed E-state index contributed by atoms with van der Waals surface area (Å²) in [4.78, 5) is 0. The van der Waals surface area contributed by atoms with E-state index < -0.39 is 0 Å². The molecule has 2 aromatic carbocycles. The number of aromatic hydroxyl groups is 2. The SMILES string of the molecule is CC1CC(C)(C)CC(c2ccc(O)c(C(C)(C)C)c2C(C)(C)C)(c2ccc(O)c(C(C)(C)C)c2C(C)(C)C)C1. The molecule has 218 valence electrons. The average Bonchev–Trinajstić information content (AvgIpc) is 2.68. The maximum Gasteiger partial charge on any atom is 0.119 e. The zero-order chi connectivity index (χ0) is 30.1. The highest BCUT2D eigenvalue weighted by molar-refractivity contribution is 5.61. The zero-order valence-electron chi connectivity index (χ0n) is 27.9. The Bertz CT molecular complexity index is 1140. The Morgan fingerprint density at radius 3 is 1.18 bits per heavy atom. The molecule has 1 aliphatic rings. The van der Waals surface area contributed by atoms with Crippen LogP contribution in [0.15, 0.2) is 24.3 Å². The lowest BCUT2D eigenvalue weighted by molar-refractivity contribution is 0.124. The van der Waals surface area contributed by atoms with Gasteiger partial charge in [-0.05, 0) is 86.6 Å². The van der Waals surface area contributed by atoms with E-state index in [1.807, 2.05) is 12.1 Å². The van der Waals surface area contributed by atoms with Gasteiger partial charge in [-0.15, -0.1) is 0 Å². The van der Waals surface area contributed by atoms with E-state index in [1.165, 1.54) is 28.7 Å². The van der Waals surface area contributed by atoms with Crippen LogP contribution in [0.4, 0.5) is 0 Å². The van der Waals surface area contributed by atoms with Crippen molar-refractivity contribution in [1.29, 1.82) is 0 Å². The third-order valence-corrected chi connectivity index (χ3v) is 8.78. The molecule has 0 heterocycles. The Labute approximate surface area is 240 Å². The van der Waals surface area contributed by atoms with Crippen molar-refractivity contribution in [2.45, 2.75) is 150 Å². The van der Waals surface area contributed by atoms with Gasteiger partial charge in [0, 0.05) is 16.5 Å². The van der Waals surface area contributed by atoms with Crippen LogP contribution in [0.25, 0.3) is 0 Å². The first-order valence-corrected chi connectivity index (χ1v) is 15.1. The van der Waals surface area contributed by atoms with Gasteiger partial charge < -0.3 is 10.2 Å². The van der Waals surface area contributed by atoms with Crippen LogP contribution in [-0.4, -0.2) is 10.2 Å². The summed E-state index contributed by atoms with van der Waals surface area (Å²) < 4.78 is 0. The van der Waals surface area contributed by atoms with Gasteiger partial charge in [-0.25, -0.2) is 0 Å². The zero-order valence-corrected chi connectivity index (χ0v) is 27.9. The Kier molecular flexibility index (Phi) is 7.74. The number of hydrogen-bond acceptors (Lipinski definition) is 2. The van der Waals surface area contributed by atoms with Crippen molar-refractivity contribution in [2.24, 2.45) is 11.3 Å². The molecule has 2 N–H and O–H groups in total. The largest absolute Gasteiger partial charge is 0.508 e. The molecule has 2 heteroatoms. The molecule has 0 amide bonds. The normalized spacial score (nSPS) is 20.2. The van der Waals surface area contributed by atoms with Crippen LogP contribution in [0.3, 0.4) is 0 Å². The van der Waals surface area contributed by atoms with Crippen LogP contribution in [0.5, 0.6) is 11.5 Å². The predicted molar refractivity (Wildman–Crippen MR) is 169 cm³/mol. The standard InChI is InChI=1S/C37H58O2/c1-23-20-36(14,15)22-37(21-23,24-16-18-26(38)30(34(8,9)10)28(24)32(2,3)4)25-17-19-27(39)31(35(11,12)13)29(25)33(5,6)7/h16-19,23,38-39H,20-22H2,1-15H3. The van der Waals surface area contributed by atoms with Crippen molar-refractivity contribution in [3.05, 3.63) is 57.6 Å². The van der Waals surface area contributed by atoms with Gasteiger partial charge in [-0.2, -0.15) is 0 Å². The molecule has 2 nitrogen and oxygen atoms in total. The molecular weight excluding hydrogens is 476 g/mol. The summed E-state index contributed by atoms with van der Waals surface area (Å²) in [6.45, 7) is 34.4. The fourth-order valence-corrected chi connectivity index (χ4v) is 8.18. The highest BCUT2D eigenvalue weighted by Crippen LogP contribution is 2.59. The minimum Gasteiger partial charge on any atom is -0.508 e. The molecule has 1 unspecified atom stereocenters. The molecule has 0 radical (unpaired) electrons. The van der Waals surface area contributed by atoms with Crippen molar-refractivity contribution in [3.63, 3.8) is 0 Å². The van der Waals surface area contributed by atoms with E-state index in [0.29, 0.717) is 17.4 Å². The van der Waals surface area contributed by atoms with Crippen molar-refractivity contribution in [1.82, 2.24) is 0 Å². The highest BCUT2D eigenvalue weighted by Gasteiger charge is 2.50. The third-order valence-electron chi connectivity index (χ3n) is 8.78. The fourth-order valence-electron chi connectivity index (χ4n) is 8.18. The lowest BCUT2D eigenvalue weighted by Crippen LogP contribution is -2.44. The number of phenolic OH excluding ortho intramolecular Hbond substituents is 2. The van der Waals surface area contributed by atoms with Crippen LogP contribution in [-0.2, 0) is 27.1 Å². The molecule has 1 atom stereocenters. The summed E-state index contributed by atoms with van der Waals surface area (Å²) in [7, 11) is 0. The van der Waals surface area contributed by atoms with E-state index in [4.69, 9.17) is 0 Å². The summed E-state index contributed by atoms with van der Waals surface area (Å²) in [6.07, 6.45) is 3.27. The quantitative estimate of drug-likeness (QED) is 0.402. The van der Waals surface area contributed by atoms with E-state index >= 15 is 0 Å². The Morgan fingerprint density at radius 1 is 0.564 bits per heavy atom. The molecule has 0 bridgehead atoms. The first kappa shape index (κ1) is 31.6. The molecule has 39 heavy (non-hydrogen) atoms. The molecule has 2 aromatic rings. The second kappa shape index (κ2) is 9.56. The summed E-state index contributed by atoms with van der Waals surface area (Å²) in [5.41, 5.74) is 6.54. The van der Waals surface area contributed by atoms with Gasteiger partial charge in [0.05, 0.1) is 0 Å². The highest BCUT2D eigenvalue weighted by atomic mass is 16.3. The molecule has 0 spiro atoms. The van der Waals surface area contributed by atoms with Crippen LogP contribution < -0.4 is 0 Å². The number of hydrogen-bond donors (Lipinski definition) is 2. The van der Waals surface area contributed by atoms with Crippen molar-refractivity contribution < 1.29 is 10.2 Å². The minimum absolute atomic E-state index is 0.140. The van der Waals surface area contributed by atoms with Crippen molar-refractivity contribution in [3.8, 4) is 11.5 Å². The molecule has 0 aromatic heterocycles. The first-order chi connectivity index (χ1) is 17.3. The maximum absolute atomic E-state index is 11.4. The first-order valence-electron chi connectivity index (χ1n) is 15.1. The maximum atomic E-state index is 11.4. The van der Waals surface area contributed by atoms with E-state index in [2.05, 4.69) is 116 Å². The Hall–Kier alpha value is -1.96. The van der Waals surface area contributed by atoms with Gasteiger partial charge in [-0.1, -0.05) is 116 Å². The third kappa shape index (κ3) is 5.91. The molecule has 0 aliphatic heterocycles. The smallest absolute Gasteiger partial charge is 0.119 e. The predicted octanol–water partition coefficient (Wildman–Crippen LogP) is 10.4. The Balaban J connectivity index is 2.68. The van der Waals surface area contributed by atoms with Gasteiger partial charge in [0.1, 0.15) is 11.5 Å². The van der Waals surface area contributed by atoms with Gasteiger partial charge in [0.25, 0.3) is 0 Å². The number of phenols is 2. The van der Waals surface area contributed by atoms with Gasteiger partial charge in [0.15, 0.2) is 0 Å². The fraction of sp³-hybridized carbons (Fsp3) is 0.676. The van der Waals surface area contributed by atoms with E-state index in [1.54, 1.807) is 0 Å². The van der Waals surface area contributed by atoms with E-state index in [-0.39, 0.29) is 32.5 Å². The topological polar surface area (TPSA) is 40.5 Å². The molecule has 0 saturated heterocycles. The van der Waals surface area contributed by atoms with Crippen molar-refractivity contribution in [2.75, 3.05) is 0 Å². The van der Waals surface area contributed by atoms with E-state index in [0.717, 1.165) is 24.0 Å². The average molecular weight is 535 g/mol. The van der Waals surface area contributed by atoms with Crippen LogP contribution in [0.1, 0.15) is 156 Å². The molecule has 1 aliphatic carbocycles. The van der Waals surface area contributed by atoms with Gasteiger partial charge >= 0.3 is 0 Å². The lowest BCUT2D eigenvalue weighted by Gasteiger charge is -2.52. The minimum atomic E-state index is -0.256. The summed E-state index contributed by atoms with van der Waals surface area (Å²) in [6, 6.07) is 8.41. The number of rotatable bonds is 2. The molecular formula is C37H58O2. The second-order valence-corrected chi connectivity index (χ2v) is 17.7. The summed E-state index contributed by atoms with van der Waals surface area (Å²) >= 11 is 0. The molecule has 3 rings (SSSR count). The van der Waals surface area contributed by atoms with Crippen molar-refractivity contribution >= 4 is 0 Å².